The maximum atomic E-state index is 6.64. The van der Waals surface area contributed by atoms with Gasteiger partial charge in [-0.25, -0.2) is 0 Å². The molecule has 0 saturated heterocycles. The van der Waals surface area contributed by atoms with Gasteiger partial charge in [-0.05, 0) is 0 Å². The summed E-state index contributed by atoms with van der Waals surface area (Å²) in [6, 6.07) is 23.3. The minimum absolute atomic E-state index is 0.754. The van der Waals surface area contributed by atoms with Crippen molar-refractivity contribution in [3.63, 3.8) is 0 Å². The number of benzene rings is 3. The fourth-order valence-corrected chi connectivity index (χ4v) is 12.3. The van der Waals surface area contributed by atoms with Crippen molar-refractivity contribution in [2.45, 2.75) is 121 Å². The molecule has 0 aliphatic rings. The van der Waals surface area contributed by atoms with Crippen LogP contribution < -0.4 is 16.6 Å². The molecule has 4 heteroatoms. The molecule has 0 atom stereocenters. The summed E-state index contributed by atoms with van der Waals surface area (Å²) in [4.78, 5) is 14.9. The van der Waals surface area contributed by atoms with E-state index >= 15 is 0 Å². The number of ether oxygens (including phenoxy) is 2. The summed E-state index contributed by atoms with van der Waals surface area (Å²) in [5, 5.41) is 0. The molecule has 2 nitrogen and oxygen atoms in total. The van der Waals surface area contributed by atoms with Gasteiger partial charge in [-0.15, -0.1) is 0 Å². The van der Waals surface area contributed by atoms with E-state index in [1.165, 1.54) is 75.3 Å². The van der Waals surface area contributed by atoms with Gasteiger partial charge >= 0.3 is 242 Å². The number of rotatable bonds is 20. The Balaban J connectivity index is 1.96. The van der Waals surface area contributed by atoms with Crippen LogP contribution in [-0.4, -0.2) is 50.0 Å². The van der Waals surface area contributed by atoms with Crippen LogP contribution in [0.4, 0.5) is 0 Å². The molecule has 0 amide bonds. The number of hydrogen-bond acceptors (Lipinski definition) is 2. The summed E-state index contributed by atoms with van der Waals surface area (Å²) in [6.07, 6.45) is 15.2. The van der Waals surface area contributed by atoms with Gasteiger partial charge in [0, 0.05) is 0 Å². The predicted molar refractivity (Wildman–Crippen MR) is 201 cm³/mol. The van der Waals surface area contributed by atoms with Crippen molar-refractivity contribution in [1.29, 1.82) is 0 Å². The van der Waals surface area contributed by atoms with Gasteiger partial charge in [-0.3, -0.25) is 0 Å². The van der Waals surface area contributed by atoms with E-state index in [0.717, 1.165) is 48.7 Å². The topological polar surface area (TPSA) is 18.5 Å². The first-order valence-corrected chi connectivity index (χ1v) is 37.7. The Morgan fingerprint density at radius 3 is 1.07 bits per heavy atom. The zero-order valence-electron chi connectivity index (χ0n) is 29.5. The molecule has 0 saturated carbocycles. The van der Waals surface area contributed by atoms with Gasteiger partial charge in [0.1, 0.15) is 0 Å². The first-order valence-electron chi connectivity index (χ1n) is 17.7. The Morgan fingerprint density at radius 1 is 0.432 bits per heavy atom. The van der Waals surface area contributed by atoms with Crippen molar-refractivity contribution in [3.8, 4) is 33.8 Å². The van der Waals surface area contributed by atoms with E-state index in [4.69, 9.17) is 9.47 Å². The van der Waals surface area contributed by atoms with Crippen LogP contribution in [0.5, 0.6) is 11.5 Å². The van der Waals surface area contributed by atoms with E-state index in [2.05, 4.69) is 104 Å². The average Bonchev–Trinajstić information content (AvgIpc) is 2.99. The van der Waals surface area contributed by atoms with E-state index in [0.29, 0.717) is 0 Å². The second-order valence-corrected chi connectivity index (χ2v) is 43.7. The van der Waals surface area contributed by atoms with Crippen LogP contribution in [0, 0.1) is 0 Å². The third-order valence-electron chi connectivity index (χ3n) is 8.72. The van der Waals surface area contributed by atoms with Gasteiger partial charge in [0.05, 0.1) is 0 Å². The molecular weight excluding hydrogens is 750 g/mol. The first kappa shape index (κ1) is 37.3. The minimum atomic E-state index is -2.15. The van der Waals surface area contributed by atoms with Crippen LogP contribution in [-0.2, 0) is 0 Å². The van der Waals surface area contributed by atoms with E-state index in [9.17, 15) is 0 Å². The van der Waals surface area contributed by atoms with Crippen molar-refractivity contribution >= 4 is 43.9 Å². The predicted octanol–water partition coefficient (Wildman–Crippen LogP) is 11.6. The third kappa shape index (κ3) is 12.2. The Bertz CT molecular complexity index is 1140. The van der Waals surface area contributed by atoms with E-state index < -0.39 is 36.8 Å². The first-order chi connectivity index (χ1) is 21.0. The Morgan fingerprint density at radius 2 is 0.750 bits per heavy atom. The van der Waals surface area contributed by atoms with E-state index in [1.807, 2.05) is 0 Å². The number of unbranched alkanes of at least 4 members (excludes halogenated alkanes) is 10. The zero-order chi connectivity index (χ0) is 32.0. The summed E-state index contributed by atoms with van der Waals surface area (Å²) in [6.45, 7) is 6.06. The normalized spacial score (nSPS) is 12.0. The third-order valence-corrected chi connectivity index (χ3v) is 20.5. The van der Waals surface area contributed by atoms with Crippen LogP contribution in [0.1, 0.15) is 90.9 Å². The molecule has 0 aliphatic heterocycles. The van der Waals surface area contributed by atoms with Gasteiger partial charge in [-0.1, -0.05) is 39.5 Å². The molecule has 44 heavy (non-hydrogen) atoms. The standard InChI is InChI=1S/C34H44O2.6CH3.2Sn/c1-3-5-7-9-11-19-25-35-33-27-32(30-23-17-14-18-24-30)34(36-26-20-12-10-8-6-4-2)28-31(33)29-21-15-13-16-22-29;;;;;;;;/h15-18,21-24,27-28H,3-12,19-20,25-26H2,1-2H3;6*1H3;;. The van der Waals surface area contributed by atoms with Crippen LogP contribution in [0.3, 0.4) is 0 Å². The van der Waals surface area contributed by atoms with Gasteiger partial charge < -0.3 is 0 Å². The molecule has 0 fully saturated rings. The van der Waals surface area contributed by atoms with Gasteiger partial charge in [0.2, 0.25) is 0 Å². The molecule has 0 N–H and O–H groups in total. The second kappa shape index (κ2) is 18.9. The summed E-state index contributed by atoms with van der Waals surface area (Å²) in [7, 11) is 0. The molecule has 3 rings (SSSR count). The van der Waals surface area contributed by atoms with Crippen LogP contribution in [0.15, 0.2) is 60.7 Å². The van der Waals surface area contributed by atoms with Crippen LogP contribution in [0.2, 0.25) is 29.6 Å². The number of hydrogen-bond donors (Lipinski definition) is 0. The van der Waals surface area contributed by atoms with Gasteiger partial charge in [-0.2, -0.15) is 0 Å². The molecule has 0 heterocycles. The Labute approximate surface area is 279 Å². The Hall–Kier alpha value is -1.14. The summed E-state index contributed by atoms with van der Waals surface area (Å²) < 4.78 is 16.4. The molecule has 3 aromatic rings. The second-order valence-electron chi connectivity index (χ2n) is 14.7. The van der Waals surface area contributed by atoms with Crippen molar-refractivity contribution in [2.75, 3.05) is 13.2 Å². The monoisotopic (exact) mass is 814 g/mol. The van der Waals surface area contributed by atoms with Crippen molar-refractivity contribution < 1.29 is 9.47 Å². The summed E-state index contributed by atoms with van der Waals surface area (Å²) >= 11 is -4.29. The molecule has 0 spiro atoms. The van der Waals surface area contributed by atoms with Crippen LogP contribution in [0.25, 0.3) is 22.3 Å². The van der Waals surface area contributed by atoms with Crippen molar-refractivity contribution in [1.82, 2.24) is 0 Å². The maximum absolute atomic E-state index is 6.64. The van der Waals surface area contributed by atoms with Gasteiger partial charge in [0.25, 0.3) is 0 Å². The summed E-state index contributed by atoms with van der Waals surface area (Å²) in [5.41, 5.74) is 4.73. The molecule has 242 valence electrons. The van der Waals surface area contributed by atoms with Gasteiger partial charge in [0.15, 0.2) is 0 Å². The Kier molecular flexibility index (Phi) is 16.0. The molecular formula is C40H62O2Sn2. The van der Waals surface area contributed by atoms with Crippen LogP contribution >= 0.6 is 0 Å². The van der Waals surface area contributed by atoms with E-state index in [-0.39, 0.29) is 0 Å². The molecule has 0 aromatic heterocycles. The SMILES string of the molecule is CCCCCCCCOc1cc(-c2cc[c]([Sn]([CH3])([CH3])[CH3])cc2)c(OCCCCCCCC)cc1-c1cc[c]([Sn]([CH3])([CH3])[CH3])cc1. The molecule has 0 unspecified atom stereocenters. The fraction of sp³-hybridized carbons (Fsp3) is 0.550. The molecule has 3 aromatic carbocycles. The molecule has 0 bridgehead atoms. The molecule has 0 aliphatic carbocycles. The van der Waals surface area contributed by atoms with Crippen molar-refractivity contribution in [3.05, 3.63) is 60.7 Å². The fourth-order valence-electron chi connectivity index (χ4n) is 5.68. The molecule has 0 radical (unpaired) electrons. The average molecular weight is 812 g/mol. The summed E-state index contributed by atoms with van der Waals surface area (Å²) in [5.74, 6) is 1.96. The van der Waals surface area contributed by atoms with Crippen molar-refractivity contribution in [2.24, 2.45) is 0 Å². The zero-order valence-corrected chi connectivity index (χ0v) is 35.2. The van der Waals surface area contributed by atoms with E-state index in [1.54, 1.807) is 7.16 Å². The quantitative estimate of drug-likeness (QED) is 0.0836.